The Morgan fingerprint density at radius 2 is 1.84 bits per heavy atom. The molecule has 1 aromatic carbocycles. The van der Waals surface area contributed by atoms with Crippen molar-refractivity contribution in [2.75, 3.05) is 36.5 Å². The fourth-order valence-electron chi connectivity index (χ4n) is 4.46. The summed E-state index contributed by atoms with van der Waals surface area (Å²) in [6, 6.07) is 10.8. The van der Waals surface area contributed by atoms with Crippen LogP contribution in [0.5, 0.6) is 5.75 Å². The molecular formula is C24H29N5O2. The van der Waals surface area contributed by atoms with Gasteiger partial charge in [0.05, 0.1) is 24.8 Å². The number of hydrogen-bond acceptors (Lipinski definition) is 7. The molecule has 1 N–H and O–H groups in total. The van der Waals surface area contributed by atoms with Crippen LogP contribution in [0.15, 0.2) is 42.7 Å². The van der Waals surface area contributed by atoms with Crippen molar-refractivity contribution in [1.29, 1.82) is 0 Å². The number of aromatic nitrogens is 3. The zero-order valence-corrected chi connectivity index (χ0v) is 18.0. The zero-order valence-electron chi connectivity index (χ0n) is 18.0. The van der Waals surface area contributed by atoms with E-state index in [1.807, 2.05) is 25.1 Å². The van der Waals surface area contributed by atoms with Crippen molar-refractivity contribution < 1.29 is 9.47 Å². The molecule has 3 aromatic rings. The molecule has 3 heterocycles. The monoisotopic (exact) mass is 419 g/mol. The van der Waals surface area contributed by atoms with Gasteiger partial charge in [-0.1, -0.05) is 6.07 Å². The molecule has 2 aromatic heterocycles. The quantitative estimate of drug-likeness (QED) is 0.671. The Hall–Kier alpha value is -2.93. The number of nitrogens with one attached hydrogen (secondary N) is 1. The Morgan fingerprint density at radius 1 is 1.03 bits per heavy atom. The summed E-state index contributed by atoms with van der Waals surface area (Å²) in [7, 11) is 0. The van der Waals surface area contributed by atoms with Gasteiger partial charge < -0.3 is 19.7 Å². The van der Waals surface area contributed by atoms with Crippen molar-refractivity contribution in [2.45, 2.75) is 44.8 Å². The highest BCUT2D eigenvalue weighted by atomic mass is 16.5. The molecule has 2 aliphatic rings. The second-order valence-corrected chi connectivity index (χ2v) is 8.37. The van der Waals surface area contributed by atoms with Gasteiger partial charge in [0.2, 0.25) is 0 Å². The highest BCUT2D eigenvalue weighted by molar-refractivity contribution is 5.85. The Morgan fingerprint density at radius 3 is 2.65 bits per heavy atom. The smallest absolute Gasteiger partial charge is 0.149 e. The number of ether oxygens (including phenoxy) is 2. The number of morpholine rings is 1. The second kappa shape index (κ2) is 9.06. The fourth-order valence-corrected chi connectivity index (χ4v) is 4.46. The Bertz CT molecular complexity index is 1030. The summed E-state index contributed by atoms with van der Waals surface area (Å²) in [5, 5.41) is 3.58. The number of hydrogen-bond donors (Lipinski definition) is 1. The molecule has 0 spiro atoms. The van der Waals surface area contributed by atoms with Crippen molar-refractivity contribution >= 4 is 22.5 Å². The molecule has 162 valence electrons. The van der Waals surface area contributed by atoms with Gasteiger partial charge in [-0.2, -0.15) is 0 Å². The van der Waals surface area contributed by atoms with Crippen LogP contribution in [0.25, 0.3) is 11.0 Å². The van der Waals surface area contributed by atoms with Crippen LogP contribution >= 0.6 is 0 Å². The van der Waals surface area contributed by atoms with E-state index in [1.165, 1.54) is 0 Å². The highest BCUT2D eigenvalue weighted by Gasteiger charge is 2.24. The lowest BCUT2D eigenvalue weighted by molar-refractivity contribution is 0.122. The predicted octanol–water partition coefficient (Wildman–Crippen LogP) is 3.97. The number of nitrogens with zero attached hydrogens (tertiary/aromatic N) is 4. The maximum absolute atomic E-state index is 6.51. The lowest BCUT2D eigenvalue weighted by Crippen LogP contribution is -2.36. The summed E-state index contributed by atoms with van der Waals surface area (Å²) in [5.74, 6) is 1.80. The maximum atomic E-state index is 6.51. The van der Waals surface area contributed by atoms with E-state index in [-0.39, 0.29) is 6.10 Å². The SMILES string of the molecule is Cc1cccc(NC2CCC(Oc3cc(N4CCOCC4)cc4nccnc34)CC2)n1. The molecule has 2 fully saturated rings. The largest absolute Gasteiger partial charge is 0.488 e. The van der Waals surface area contributed by atoms with Crippen LogP contribution in [0.3, 0.4) is 0 Å². The van der Waals surface area contributed by atoms with Gasteiger partial charge in [-0.05, 0) is 50.8 Å². The van der Waals surface area contributed by atoms with Gasteiger partial charge in [0.1, 0.15) is 17.1 Å². The summed E-state index contributed by atoms with van der Waals surface area (Å²) >= 11 is 0. The van der Waals surface area contributed by atoms with Crippen LogP contribution < -0.4 is 15.0 Å². The zero-order chi connectivity index (χ0) is 21.0. The number of anilines is 2. The lowest BCUT2D eigenvalue weighted by Gasteiger charge is -2.31. The Kier molecular flexibility index (Phi) is 5.84. The third kappa shape index (κ3) is 4.71. The number of pyridine rings is 1. The minimum Gasteiger partial charge on any atom is -0.488 e. The Balaban J connectivity index is 1.28. The van der Waals surface area contributed by atoms with Crippen LogP contribution in [0.2, 0.25) is 0 Å². The van der Waals surface area contributed by atoms with Gasteiger partial charge in [0.25, 0.3) is 0 Å². The van der Waals surface area contributed by atoms with E-state index in [9.17, 15) is 0 Å². The normalized spacial score (nSPS) is 21.8. The minimum absolute atomic E-state index is 0.189. The molecule has 1 saturated heterocycles. The predicted molar refractivity (Wildman–Crippen MR) is 122 cm³/mol. The van der Waals surface area contributed by atoms with Gasteiger partial charge >= 0.3 is 0 Å². The van der Waals surface area contributed by atoms with E-state index in [0.29, 0.717) is 6.04 Å². The van der Waals surface area contributed by atoms with E-state index in [0.717, 1.165) is 86.0 Å². The van der Waals surface area contributed by atoms with Crippen LogP contribution in [-0.4, -0.2) is 53.4 Å². The van der Waals surface area contributed by atoms with Crippen molar-refractivity contribution in [2.24, 2.45) is 0 Å². The van der Waals surface area contributed by atoms with Crippen molar-refractivity contribution in [3.8, 4) is 5.75 Å². The van der Waals surface area contributed by atoms with E-state index in [2.05, 4.69) is 37.3 Å². The number of benzene rings is 1. The topological polar surface area (TPSA) is 72.4 Å². The van der Waals surface area contributed by atoms with E-state index < -0.39 is 0 Å². The second-order valence-electron chi connectivity index (χ2n) is 8.37. The third-order valence-electron chi connectivity index (χ3n) is 6.11. The fraction of sp³-hybridized carbons (Fsp3) is 0.458. The molecule has 0 radical (unpaired) electrons. The van der Waals surface area contributed by atoms with Crippen molar-refractivity contribution in [3.63, 3.8) is 0 Å². The summed E-state index contributed by atoms with van der Waals surface area (Å²) in [6.45, 7) is 5.29. The molecule has 0 amide bonds. The van der Waals surface area contributed by atoms with Crippen LogP contribution in [0.4, 0.5) is 11.5 Å². The van der Waals surface area contributed by atoms with Crippen molar-refractivity contribution in [1.82, 2.24) is 15.0 Å². The van der Waals surface area contributed by atoms with Gasteiger partial charge in [0.15, 0.2) is 0 Å². The number of rotatable bonds is 5. The van der Waals surface area contributed by atoms with Crippen LogP contribution in [0, 0.1) is 6.92 Å². The van der Waals surface area contributed by atoms with Crippen LogP contribution in [-0.2, 0) is 4.74 Å². The average Bonchev–Trinajstić information content (AvgIpc) is 2.81. The molecule has 0 bridgehead atoms. The molecule has 31 heavy (non-hydrogen) atoms. The maximum Gasteiger partial charge on any atom is 0.149 e. The first-order chi connectivity index (χ1) is 15.2. The number of fused-ring (bicyclic) bond motifs is 1. The minimum atomic E-state index is 0.189. The molecular weight excluding hydrogens is 390 g/mol. The van der Waals surface area contributed by atoms with E-state index >= 15 is 0 Å². The first-order valence-corrected chi connectivity index (χ1v) is 11.2. The standard InChI is InChI=1S/C24H29N5O2/c1-17-3-2-4-23(27-17)28-18-5-7-20(8-6-18)31-22-16-19(29-11-13-30-14-12-29)15-21-24(22)26-10-9-25-21/h2-4,9-10,15-16,18,20H,5-8,11-14H2,1H3,(H,27,28). The highest BCUT2D eigenvalue weighted by Crippen LogP contribution is 2.33. The first kappa shape index (κ1) is 20.0. The lowest BCUT2D eigenvalue weighted by atomic mass is 9.93. The van der Waals surface area contributed by atoms with Crippen molar-refractivity contribution in [3.05, 3.63) is 48.4 Å². The molecule has 1 aliphatic heterocycles. The average molecular weight is 420 g/mol. The third-order valence-corrected chi connectivity index (χ3v) is 6.11. The summed E-state index contributed by atoms with van der Waals surface area (Å²) < 4.78 is 12.0. The van der Waals surface area contributed by atoms with Gasteiger partial charge in [-0.3, -0.25) is 4.98 Å². The molecule has 7 heteroatoms. The Labute approximate surface area is 182 Å². The van der Waals surface area contributed by atoms with Gasteiger partial charge in [-0.25, -0.2) is 9.97 Å². The number of aryl methyl sites for hydroxylation is 1. The molecule has 1 saturated carbocycles. The van der Waals surface area contributed by atoms with Gasteiger partial charge in [-0.15, -0.1) is 0 Å². The molecule has 1 aliphatic carbocycles. The van der Waals surface area contributed by atoms with Crippen LogP contribution in [0.1, 0.15) is 31.4 Å². The first-order valence-electron chi connectivity index (χ1n) is 11.2. The van der Waals surface area contributed by atoms with E-state index in [4.69, 9.17) is 9.47 Å². The molecule has 5 rings (SSSR count). The molecule has 0 atom stereocenters. The van der Waals surface area contributed by atoms with E-state index in [1.54, 1.807) is 12.4 Å². The van der Waals surface area contributed by atoms with Gasteiger partial charge in [0, 0.05) is 49.0 Å². The molecule has 0 unspecified atom stereocenters. The summed E-state index contributed by atoms with van der Waals surface area (Å²) in [6.07, 6.45) is 7.80. The summed E-state index contributed by atoms with van der Waals surface area (Å²) in [4.78, 5) is 16.0. The summed E-state index contributed by atoms with van der Waals surface area (Å²) in [5.41, 5.74) is 3.88. The molecule has 7 nitrogen and oxygen atoms in total.